The van der Waals surface area contributed by atoms with Crippen LogP contribution >= 0.6 is 11.8 Å². The molecular formula is C18H15N3O6S. The molecule has 0 saturated heterocycles. The second-order valence-corrected chi connectivity index (χ2v) is 6.66. The Balaban J connectivity index is 1.56. The maximum Gasteiger partial charge on any atom is 0.361 e. The molecule has 0 spiro atoms. The molecule has 1 aromatic carbocycles. The minimum Gasteiger partial charge on any atom is -0.464 e. The molecular weight excluding hydrogens is 386 g/mol. The Morgan fingerprint density at radius 3 is 2.68 bits per heavy atom. The standard InChI is InChI=1S/C18H15N3O6S/c1-26-17(24)14-13-15(23)12(9-11(22)16(13)27-21-14)28-8-7-19-18(25)20-10-5-3-2-4-6-10/h2-6,9H,7-8H2,1H3,(H2,19,20,25). The zero-order valence-electron chi connectivity index (χ0n) is 14.7. The van der Waals surface area contributed by atoms with Crippen molar-refractivity contribution in [1.29, 1.82) is 0 Å². The van der Waals surface area contributed by atoms with E-state index in [4.69, 9.17) is 4.52 Å². The van der Waals surface area contributed by atoms with Crippen molar-refractivity contribution < 1.29 is 28.4 Å². The summed E-state index contributed by atoms with van der Waals surface area (Å²) in [5.74, 6) is -1.92. The van der Waals surface area contributed by atoms with E-state index in [9.17, 15) is 19.2 Å². The SMILES string of the molecule is COC(=O)c1noc2c1C(=O)C(SCCNC(=O)Nc1ccccc1)=CC2=O. The lowest BCUT2D eigenvalue weighted by Crippen LogP contribution is -2.30. The van der Waals surface area contributed by atoms with Gasteiger partial charge in [0.05, 0.1) is 12.0 Å². The van der Waals surface area contributed by atoms with Crippen LogP contribution in [0.1, 0.15) is 31.4 Å². The second kappa shape index (κ2) is 8.53. The summed E-state index contributed by atoms with van der Waals surface area (Å²) < 4.78 is 9.36. The molecule has 1 aromatic heterocycles. The molecule has 0 aliphatic heterocycles. The van der Waals surface area contributed by atoms with E-state index in [2.05, 4.69) is 20.5 Å². The molecule has 1 heterocycles. The lowest BCUT2D eigenvalue weighted by Gasteiger charge is -2.11. The van der Waals surface area contributed by atoms with E-state index >= 15 is 0 Å². The maximum atomic E-state index is 12.6. The summed E-state index contributed by atoms with van der Waals surface area (Å²) >= 11 is 1.08. The highest BCUT2D eigenvalue weighted by molar-refractivity contribution is 8.04. The molecule has 0 bridgehead atoms. The van der Waals surface area contributed by atoms with Crippen LogP contribution in [0, 0.1) is 0 Å². The van der Waals surface area contributed by atoms with Gasteiger partial charge in [-0.3, -0.25) is 9.59 Å². The van der Waals surface area contributed by atoms with Crippen molar-refractivity contribution in [1.82, 2.24) is 10.5 Å². The number of rotatable bonds is 6. The van der Waals surface area contributed by atoms with E-state index < -0.39 is 17.5 Å². The van der Waals surface area contributed by atoms with Crippen molar-refractivity contribution in [3.8, 4) is 0 Å². The van der Waals surface area contributed by atoms with E-state index in [1.54, 1.807) is 24.3 Å². The molecule has 0 saturated carbocycles. The maximum absolute atomic E-state index is 12.6. The second-order valence-electron chi connectivity index (χ2n) is 5.52. The van der Waals surface area contributed by atoms with Crippen molar-refractivity contribution in [3.63, 3.8) is 0 Å². The molecule has 3 rings (SSSR count). The van der Waals surface area contributed by atoms with Crippen molar-refractivity contribution >= 4 is 41.0 Å². The molecule has 28 heavy (non-hydrogen) atoms. The Morgan fingerprint density at radius 1 is 1.21 bits per heavy atom. The Kier molecular flexibility index (Phi) is 5.90. The first kappa shape index (κ1) is 19.4. The number of aromatic nitrogens is 1. The Morgan fingerprint density at radius 2 is 1.96 bits per heavy atom. The number of thioether (sulfide) groups is 1. The van der Waals surface area contributed by atoms with Gasteiger partial charge < -0.3 is 19.9 Å². The lowest BCUT2D eigenvalue weighted by molar-refractivity contribution is 0.0586. The third-order valence-corrected chi connectivity index (χ3v) is 4.71. The summed E-state index contributed by atoms with van der Waals surface area (Å²) in [6.07, 6.45) is 1.13. The molecule has 0 radical (unpaired) electrons. The summed E-state index contributed by atoms with van der Waals surface area (Å²) in [7, 11) is 1.14. The first-order valence-electron chi connectivity index (χ1n) is 8.12. The fourth-order valence-electron chi connectivity index (χ4n) is 2.41. The summed E-state index contributed by atoms with van der Waals surface area (Å²) in [5, 5.41) is 8.78. The number of methoxy groups -OCH3 is 1. The van der Waals surface area contributed by atoms with Gasteiger partial charge in [0.2, 0.25) is 23.0 Å². The number of hydrogen-bond donors (Lipinski definition) is 2. The summed E-state index contributed by atoms with van der Waals surface area (Å²) in [6.45, 7) is 0.252. The molecule has 0 fully saturated rings. The quantitative estimate of drug-likeness (QED) is 0.557. The number of ether oxygens (including phenoxy) is 1. The predicted molar refractivity (Wildman–Crippen MR) is 101 cm³/mol. The number of allylic oxidation sites excluding steroid dienone is 2. The van der Waals surface area contributed by atoms with Crippen LogP contribution in [0.3, 0.4) is 0 Å². The van der Waals surface area contributed by atoms with E-state index in [0.29, 0.717) is 11.4 Å². The highest BCUT2D eigenvalue weighted by atomic mass is 32.2. The number of ketones is 2. The van der Waals surface area contributed by atoms with Gasteiger partial charge >= 0.3 is 12.0 Å². The summed E-state index contributed by atoms with van der Waals surface area (Å²) in [4.78, 5) is 48.3. The van der Waals surface area contributed by atoms with Gasteiger partial charge in [-0.2, -0.15) is 0 Å². The molecule has 0 unspecified atom stereocenters. The van der Waals surface area contributed by atoms with Crippen LogP contribution in [0.2, 0.25) is 0 Å². The van der Waals surface area contributed by atoms with Crippen LogP contribution in [-0.4, -0.2) is 48.1 Å². The number of para-hydroxylation sites is 1. The number of hydrogen-bond acceptors (Lipinski definition) is 8. The van der Waals surface area contributed by atoms with Crippen molar-refractivity contribution in [2.24, 2.45) is 0 Å². The number of Topliss-reactive ketones (excluding diaryl/α,β-unsaturated/α-hetero) is 1. The predicted octanol–water partition coefficient (Wildman–Crippen LogP) is 2.28. The molecule has 0 atom stereocenters. The van der Waals surface area contributed by atoms with Crippen LogP contribution in [0.4, 0.5) is 10.5 Å². The van der Waals surface area contributed by atoms with Crippen molar-refractivity contribution in [2.75, 3.05) is 24.7 Å². The highest BCUT2D eigenvalue weighted by Crippen LogP contribution is 2.30. The average Bonchev–Trinajstić information content (AvgIpc) is 3.15. The minimum absolute atomic E-state index is 0.135. The third kappa shape index (κ3) is 4.12. The molecule has 1 aliphatic rings. The normalized spacial score (nSPS) is 12.8. The number of carbonyl (C=O) groups is 4. The van der Waals surface area contributed by atoms with Gasteiger partial charge in [-0.05, 0) is 12.1 Å². The number of amides is 2. The monoisotopic (exact) mass is 401 g/mol. The van der Waals surface area contributed by atoms with Crippen LogP contribution in [0.5, 0.6) is 0 Å². The molecule has 1 aliphatic carbocycles. The fraction of sp³-hybridized carbons (Fsp3) is 0.167. The minimum atomic E-state index is -0.864. The number of carbonyl (C=O) groups excluding carboxylic acids is 4. The fourth-order valence-corrected chi connectivity index (χ4v) is 3.26. The number of benzene rings is 1. The first-order chi connectivity index (χ1) is 13.5. The lowest BCUT2D eigenvalue weighted by atomic mass is 10.00. The molecule has 2 N–H and O–H groups in total. The van der Waals surface area contributed by atoms with Crippen molar-refractivity contribution in [3.05, 3.63) is 58.3 Å². The topological polar surface area (TPSA) is 128 Å². The van der Waals surface area contributed by atoms with E-state index in [-0.39, 0.29) is 34.5 Å². The van der Waals surface area contributed by atoms with Gasteiger partial charge in [-0.15, -0.1) is 11.8 Å². The molecule has 9 nitrogen and oxygen atoms in total. The average molecular weight is 401 g/mol. The number of nitrogens with zero attached hydrogens (tertiary/aromatic N) is 1. The molecule has 144 valence electrons. The molecule has 10 heteroatoms. The Hall–Kier alpha value is -3.40. The number of urea groups is 1. The van der Waals surface area contributed by atoms with Gasteiger partial charge in [0.25, 0.3) is 0 Å². The van der Waals surface area contributed by atoms with Gasteiger partial charge in [0.1, 0.15) is 5.56 Å². The molecule has 2 amide bonds. The third-order valence-electron chi connectivity index (χ3n) is 3.68. The van der Waals surface area contributed by atoms with Crippen LogP contribution < -0.4 is 10.6 Å². The summed E-state index contributed by atoms with van der Waals surface area (Å²) in [5.41, 5.74) is 0.123. The van der Waals surface area contributed by atoms with Gasteiger partial charge in [0, 0.05) is 24.1 Å². The summed E-state index contributed by atoms with van der Waals surface area (Å²) in [6, 6.07) is 8.54. The van der Waals surface area contributed by atoms with E-state index in [1.165, 1.54) is 0 Å². The van der Waals surface area contributed by atoms with Gasteiger partial charge in [0.15, 0.2) is 0 Å². The zero-order chi connectivity index (χ0) is 20.1. The smallest absolute Gasteiger partial charge is 0.361 e. The van der Waals surface area contributed by atoms with E-state index in [0.717, 1.165) is 24.9 Å². The Bertz CT molecular complexity index is 967. The first-order valence-corrected chi connectivity index (χ1v) is 9.11. The Labute approximate surface area is 163 Å². The van der Waals surface area contributed by atoms with Gasteiger partial charge in [-0.1, -0.05) is 23.4 Å². The molecule has 2 aromatic rings. The largest absolute Gasteiger partial charge is 0.464 e. The number of nitrogens with one attached hydrogen (secondary N) is 2. The van der Waals surface area contributed by atoms with Crippen LogP contribution in [0.25, 0.3) is 0 Å². The van der Waals surface area contributed by atoms with Gasteiger partial charge in [-0.25, -0.2) is 9.59 Å². The van der Waals surface area contributed by atoms with E-state index in [1.807, 2.05) is 6.07 Å². The van der Waals surface area contributed by atoms with Crippen LogP contribution in [0.15, 0.2) is 45.8 Å². The number of anilines is 1. The number of esters is 1. The number of fused-ring (bicyclic) bond motifs is 1. The van der Waals surface area contributed by atoms with Crippen LogP contribution in [-0.2, 0) is 4.74 Å². The van der Waals surface area contributed by atoms with Crippen molar-refractivity contribution in [2.45, 2.75) is 0 Å². The zero-order valence-corrected chi connectivity index (χ0v) is 15.5. The highest BCUT2D eigenvalue weighted by Gasteiger charge is 2.36.